The van der Waals surface area contributed by atoms with Gasteiger partial charge in [-0.2, -0.15) is 0 Å². The van der Waals surface area contributed by atoms with Crippen molar-refractivity contribution >= 4 is 40.0 Å². The lowest BCUT2D eigenvalue weighted by Crippen LogP contribution is -2.33. The summed E-state index contributed by atoms with van der Waals surface area (Å²) >= 11 is 1.20. The number of carbonyl (C=O) groups is 3. The Morgan fingerprint density at radius 3 is 2.77 bits per heavy atom. The van der Waals surface area contributed by atoms with Crippen LogP contribution < -0.4 is 10.9 Å². The molecule has 2 amide bonds. The number of carbonyl (C=O) groups excluding carboxylic acids is 3. The van der Waals surface area contributed by atoms with Crippen LogP contribution in [0.15, 0.2) is 40.5 Å². The first-order chi connectivity index (χ1) is 15.0. The van der Waals surface area contributed by atoms with Crippen molar-refractivity contribution < 1.29 is 19.1 Å². The van der Waals surface area contributed by atoms with Crippen molar-refractivity contribution in [3.8, 4) is 0 Å². The number of aryl methyl sites for hydroxylation is 1. The Hall–Kier alpha value is -3.33. The van der Waals surface area contributed by atoms with Gasteiger partial charge < -0.3 is 4.74 Å². The molecule has 1 N–H and O–H groups in total. The van der Waals surface area contributed by atoms with E-state index in [1.165, 1.54) is 23.5 Å². The van der Waals surface area contributed by atoms with Crippen LogP contribution >= 0.6 is 11.3 Å². The van der Waals surface area contributed by atoms with Crippen molar-refractivity contribution in [3.05, 3.63) is 62.3 Å². The van der Waals surface area contributed by atoms with E-state index in [1.54, 1.807) is 28.1 Å². The van der Waals surface area contributed by atoms with Gasteiger partial charge >= 0.3 is 5.97 Å². The number of nitrogens with one attached hydrogen (secondary N) is 1. The number of rotatable bonds is 4. The van der Waals surface area contributed by atoms with Gasteiger partial charge in [-0.05, 0) is 42.5 Å². The Balaban J connectivity index is 1.47. The zero-order chi connectivity index (χ0) is 21.8. The Bertz CT molecular complexity index is 1200. The highest BCUT2D eigenvalue weighted by atomic mass is 32.1. The van der Waals surface area contributed by atoms with Crippen LogP contribution in [0.25, 0.3) is 10.9 Å². The van der Waals surface area contributed by atoms with E-state index in [1.807, 2.05) is 0 Å². The maximum Gasteiger partial charge on any atom is 0.338 e. The minimum absolute atomic E-state index is 0.103. The smallest absolute Gasteiger partial charge is 0.338 e. The third-order valence-electron chi connectivity index (χ3n) is 5.13. The lowest BCUT2D eigenvalue weighted by atomic mass is 10.1. The lowest BCUT2D eigenvalue weighted by molar-refractivity contribution is -0.123. The predicted molar refractivity (Wildman–Crippen MR) is 115 cm³/mol. The van der Waals surface area contributed by atoms with Crippen molar-refractivity contribution in [2.45, 2.75) is 38.6 Å². The predicted octanol–water partition coefficient (Wildman–Crippen LogP) is 2.69. The van der Waals surface area contributed by atoms with Gasteiger partial charge in [0.2, 0.25) is 0 Å². The van der Waals surface area contributed by atoms with Crippen molar-refractivity contribution in [3.63, 3.8) is 0 Å². The average molecular weight is 439 g/mol. The molecule has 31 heavy (non-hydrogen) atoms. The third-order valence-corrected chi connectivity index (χ3v) is 6.00. The third kappa shape index (κ3) is 4.72. The van der Waals surface area contributed by atoms with Crippen molar-refractivity contribution in [2.75, 3.05) is 6.61 Å². The van der Waals surface area contributed by atoms with Gasteiger partial charge in [-0.3, -0.25) is 24.3 Å². The monoisotopic (exact) mass is 439 g/mol. The van der Waals surface area contributed by atoms with Crippen molar-refractivity contribution in [1.29, 1.82) is 0 Å². The number of hydrogen-bond acceptors (Lipinski definition) is 7. The number of benzene rings is 1. The van der Waals surface area contributed by atoms with Gasteiger partial charge in [0.05, 0.1) is 21.3 Å². The highest BCUT2D eigenvalue weighted by Gasteiger charge is 2.17. The SMILES string of the molecule is O=C(COC(=O)c1ccc2c(=O)n3c(nc2c1)CCCCCC3)NC(=O)c1cccs1. The largest absolute Gasteiger partial charge is 0.452 e. The number of aromatic nitrogens is 2. The number of amides is 2. The molecule has 160 valence electrons. The summed E-state index contributed by atoms with van der Waals surface area (Å²) in [6, 6.07) is 7.84. The summed E-state index contributed by atoms with van der Waals surface area (Å²) in [5, 5.41) is 4.34. The van der Waals surface area contributed by atoms with E-state index < -0.39 is 24.4 Å². The fourth-order valence-electron chi connectivity index (χ4n) is 3.57. The molecule has 1 aliphatic heterocycles. The summed E-state index contributed by atoms with van der Waals surface area (Å²) < 4.78 is 6.76. The fourth-order valence-corrected chi connectivity index (χ4v) is 4.19. The first kappa shape index (κ1) is 20.9. The molecule has 3 heterocycles. The van der Waals surface area contributed by atoms with E-state index in [4.69, 9.17) is 4.74 Å². The van der Waals surface area contributed by atoms with Crippen LogP contribution in [0.5, 0.6) is 0 Å². The summed E-state index contributed by atoms with van der Waals surface area (Å²) in [4.78, 5) is 54.0. The van der Waals surface area contributed by atoms with Crippen LogP contribution in [-0.4, -0.2) is 33.9 Å². The molecular weight excluding hydrogens is 418 g/mol. The number of ether oxygens (including phenoxy) is 1. The number of imide groups is 1. The lowest BCUT2D eigenvalue weighted by Gasteiger charge is -2.16. The van der Waals surface area contributed by atoms with Crippen LogP contribution in [0.1, 0.15) is 51.5 Å². The van der Waals surface area contributed by atoms with E-state index in [0.717, 1.165) is 37.9 Å². The molecule has 8 nitrogen and oxygen atoms in total. The zero-order valence-electron chi connectivity index (χ0n) is 16.8. The Kier molecular flexibility index (Phi) is 6.22. The first-order valence-corrected chi connectivity index (χ1v) is 11.0. The molecule has 4 rings (SSSR count). The van der Waals surface area contributed by atoms with Crippen LogP contribution in [0.2, 0.25) is 0 Å². The Morgan fingerprint density at radius 1 is 1.13 bits per heavy atom. The van der Waals surface area contributed by atoms with Crippen LogP contribution in [0.3, 0.4) is 0 Å². The second-order valence-corrected chi connectivity index (χ2v) is 8.26. The summed E-state index contributed by atoms with van der Waals surface area (Å²) in [6.07, 6.45) is 4.84. The highest BCUT2D eigenvalue weighted by molar-refractivity contribution is 7.12. The molecule has 1 aromatic carbocycles. The number of esters is 1. The molecule has 2 aromatic heterocycles. The van der Waals surface area contributed by atoms with E-state index in [0.29, 0.717) is 22.3 Å². The highest BCUT2D eigenvalue weighted by Crippen LogP contribution is 2.17. The minimum Gasteiger partial charge on any atom is -0.452 e. The second-order valence-electron chi connectivity index (χ2n) is 7.31. The van der Waals surface area contributed by atoms with Gasteiger partial charge in [0.15, 0.2) is 6.61 Å². The van der Waals surface area contributed by atoms with Crippen LogP contribution in [-0.2, 0) is 22.5 Å². The molecule has 0 radical (unpaired) electrons. The van der Waals surface area contributed by atoms with Crippen molar-refractivity contribution in [1.82, 2.24) is 14.9 Å². The van der Waals surface area contributed by atoms with E-state index in [2.05, 4.69) is 10.3 Å². The second kappa shape index (κ2) is 9.22. The van der Waals surface area contributed by atoms with Crippen molar-refractivity contribution in [2.24, 2.45) is 0 Å². The standard InChI is InChI=1S/C22H21N3O5S/c26-19(24-20(27)17-6-5-11-31-17)13-30-22(29)14-8-9-15-16(12-14)23-18-7-3-1-2-4-10-25(18)21(15)28/h5-6,8-9,11-12H,1-4,7,10,13H2,(H,24,26,27). The topological polar surface area (TPSA) is 107 Å². The average Bonchev–Trinajstić information content (AvgIpc) is 3.28. The maximum atomic E-state index is 12.9. The van der Waals surface area contributed by atoms with Gasteiger partial charge in [-0.25, -0.2) is 9.78 Å². The normalized spacial score (nSPS) is 13.7. The van der Waals surface area contributed by atoms with Crippen LogP contribution in [0.4, 0.5) is 0 Å². The molecule has 0 unspecified atom stereocenters. The van der Waals surface area contributed by atoms with Crippen LogP contribution in [0, 0.1) is 0 Å². The minimum atomic E-state index is -0.728. The number of hydrogen-bond donors (Lipinski definition) is 1. The summed E-state index contributed by atoms with van der Waals surface area (Å²) in [5.74, 6) is -1.25. The zero-order valence-corrected chi connectivity index (χ0v) is 17.6. The van der Waals surface area contributed by atoms with Gasteiger partial charge in [0, 0.05) is 13.0 Å². The molecule has 0 bridgehead atoms. The summed E-state index contributed by atoms with van der Waals surface area (Å²) in [6.45, 7) is 0.0640. The van der Waals surface area contributed by atoms with E-state index in [9.17, 15) is 19.2 Å². The van der Waals surface area contributed by atoms with Gasteiger partial charge in [-0.15, -0.1) is 11.3 Å². The molecule has 1 aliphatic rings. The molecule has 0 saturated heterocycles. The van der Waals surface area contributed by atoms with Gasteiger partial charge in [0.25, 0.3) is 17.4 Å². The van der Waals surface area contributed by atoms with Gasteiger partial charge in [0.1, 0.15) is 5.82 Å². The molecule has 0 aliphatic carbocycles. The summed E-state index contributed by atoms with van der Waals surface area (Å²) in [7, 11) is 0. The Labute approximate surface area is 181 Å². The van der Waals surface area contributed by atoms with Gasteiger partial charge in [-0.1, -0.05) is 18.9 Å². The maximum absolute atomic E-state index is 12.9. The number of fused-ring (bicyclic) bond motifs is 2. The summed E-state index contributed by atoms with van der Waals surface area (Å²) in [5.41, 5.74) is 0.518. The molecule has 0 fully saturated rings. The molecule has 3 aromatic rings. The molecule has 0 saturated carbocycles. The van der Waals surface area contributed by atoms with E-state index >= 15 is 0 Å². The molecular formula is C22H21N3O5S. The Morgan fingerprint density at radius 2 is 1.97 bits per heavy atom. The quantitative estimate of drug-likeness (QED) is 0.627. The fraction of sp³-hybridized carbons (Fsp3) is 0.318. The molecule has 9 heteroatoms. The molecule has 0 spiro atoms. The first-order valence-electron chi connectivity index (χ1n) is 10.1. The van der Waals surface area contributed by atoms with E-state index in [-0.39, 0.29) is 11.1 Å². The molecule has 0 atom stereocenters. The number of thiophene rings is 1. The number of nitrogens with zero attached hydrogens (tertiary/aromatic N) is 2.